The fraction of sp³-hybridized carbons (Fsp3) is 0.368. The number of hydrogen-bond donors (Lipinski definition) is 1. The predicted octanol–water partition coefficient (Wildman–Crippen LogP) is 1.96. The molecule has 0 unspecified atom stereocenters. The highest BCUT2D eigenvalue weighted by atomic mass is 32.2. The van der Waals surface area contributed by atoms with E-state index in [2.05, 4.69) is 4.98 Å². The average Bonchev–Trinajstić information content (AvgIpc) is 2.66. The number of ether oxygens (including phenoxy) is 1. The normalized spacial score (nSPS) is 20.6. The van der Waals surface area contributed by atoms with Gasteiger partial charge in [0.15, 0.2) is 0 Å². The summed E-state index contributed by atoms with van der Waals surface area (Å²) in [6, 6.07) is 9.14. The summed E-state index contributed by atoms with van der Waals surface area (Å²) in [6.07, 6.45) is 2.96. The van der Waals surface area contributed by atoms with Gasteiger partial charge in [0.25, 0.3) is 0 Å². The molecule has 1 aliphatic rings. The van der Waals surface area contributed by atoms with Crippen LogP contribution >= 0.6 is 0 Å². The number of carbonyl (C=O) groups excluding carboxylic acids is 1. The van der Waals surface area contributed by atoms with Crippen molar-refractivity contribution in [2.24, 2.45) is 5.73 Å². The Labute approximate surface area is 165 Å². The average molecular weight is 404 g/mol. The number of morpholine rings is 1. The lowest BCUT2D eigenvalue weighted by Gasteiger charge is -2.34. The molecule has 1 fully saturated rings. The smallest absolute Gasteiger partial charge is 0.319 e. The van der Waals surface area contributed by atoms with E-state index in [0.29, 0.717) is 18.8 Å². The van der Waals surface area contributed by atoms with Crippen LogP contribution in [0.5, 0.6) is 0 Å². The standard InChI is InChI=1S/C19H24N4O4S/c1-14-11-22(12-15(2)27-14)28(25,26)18-7-5-17(6-8-18)23(19(20)24)13-16-4-3-9-21-10-16/h3-10,14-15H,11-13H2,1-2H3,(H2,20,24)/t14-,15+. The van der Waals surface area contributed by atoms with Gasteiger partial charge in [0.2, 0.25) is 10.0 Å². The van der Waals surface area contributed by atoms with Gasteiger partial charge in [0.05, 0.1) is 23.6 Å². The fourth-order valence-electron chi connectivity index (χ4n) is 3.24. The van der Waals surface area contributed by atoms with Crippen molar-refractivity contribution in [3.63, 3.8) is 0 Å². The molecular formula is C19H24N4O4S. The predicted molar refractivity (Wildman–Crippen MR) is 105 cm³/mol. The number of urea groups is 1. The number of nitrogens with two attached hydrogens (primary N) is 1. The summed E-state index contributed by atoms with van der Waals surface area (Å²) in [4.78, 5) is 17.5. The second kappa shape index (κ2) is 8.26. The first-order valence-corrected chi connectivity index (χ1v) is 10.4. The van der Waals surface area contributed by atoms with Gasteiger partial charge in [-0.1, -0.05) is 6.07 Å². The maximum Gasteiger partial charge on any atom is 0.319 e. The number of aromatic nitrogens is 1. The lowest BCUT2D eigenvalue weighted by atomic mass is 10.2. The summed E-state index contributed by atoms with van der Waals surface area (Å²) in [5.41, 5.74) is 6.84. The summed E-state index contributed by atoms with van der Waals surface area (Å²) in [6.45, 7) is 4.56. The van der Waals surface area contributed by atoms with Crippen LogP contribution in [0.15, 0.2) is 53.7 Å². The number of primary amides is 1. The maximum atomic E-state index is 12.9. The Kier molecular flexibility index (Phi) is 5.97. The van der Waals surface area contributed by atoms with Crippen LogP contribution in [0.25, 0.3) is 0 Å². The molecule has 2 amide bonds. The number of anilines is 1. The van der Waals surface area contributed by atoms with E-state index < -0.39 is 16.1 Å². The minimum absolute atomic E-state index is 0.164. The number of pyridine rings is 1. The van der Waals surface area contributed by atoms with Crippen molar-refractivity contribution < 1.29 is 17.9 Å². The lowest BCUT2D eigenvalue weighted by molar-refractivity contribution is -0.0440. The first-order chi connectivity index (χ1) is 13.3. The van der Waals surface area contributed by atoms with Gasteiger partial charge >= 0.3 is 6.03 Å². The molecule has 0 aliphatic carbocycles. The fourth-order valence-corrected chi connectivity index (χ4v) is 4.84. The molecule has 0 radical (unpaired) electrons. The summed E-state index contributed by atoms with van der Waals surface area (Å²) in [7, 11) is -3.64. The monoisotopic (exact) mass is 404 g/mol. The Morgan fingerprint density at radius 1 is 1.21 bits per heavy atom. The third kappa shape index (κ3) is 4.49. The number of rotatable bonds is 5. The molecule has 2 aromatic rings. The third-order valence-corrected chi connectivity index (χ3v) is 6.35. The van der Waals surface area contributed by atoms with Crippen LogP contribution in [0, 0.1) is 0 Å². The molecule has 3 rings (SSSR count). The second-order valence-electron chi connectivity index (χ2n) is 6.86. The van der Waals surface area contributed by atoms with Crippen LogP contribution in [0.4, 0.5) is 10.5 Å². The van der Waals surface area contributed by atoms with Crippen LogP contribution in [-0.2, 0) is 21.3 Å². The van der Waals surface area contributed by atoms with Crippen LogP contribution in [0.3, 0.4) is 0 Å². The van der Waals surface area contributed by atoms with E-state index in [1.54, 1.807) is 30.6 Å². The van der Waals surface area contributed by atoms with Gasteiger partial charge in [0, 0.05) is 31.2 Å². The zero-order chi connectivity index (χ0) is 20.3. The Hall–Kier alpha value is -2.49. The summed E-state index contributed by atoms with van der Waals surface area (Å²) < 4.78 is 32.9. The zero-order valence-electron chi connectivity index (χ0n) is 15.9. The quantitative estimate of drug-likeness (QED) is 0.820. The molecule has 2 atom stereocenters. The molecule has 0 saturated carbocycles. The number of nitrogens with zero attached hydrogens (tertiary/aromatic N) is 3. The molecule has 1 saturated heterocycles. The Morgan fingerprint density at radius 3 is 2.39 bits per heavy atom. The molecule has 28 heavy (non-hydrogen) atoms. The van der Waals surface area contributed by atoms with E-state index in [1.807, 2.05) is 19.9 Å². The molecule has 0 spiro atoms. The van der Waals surface area contributed by atoms with Gasteiger partial charge in [-0.2, -0.15) is 4.31 Å². The van der Waals surface area contributed by atoms with Crippen LogP contribution < -0.4 is 10.6 Å². The molecule has 1 aliphatic heterocycles. The topological polar surface area (TPSA) is 106 Å². The number of amides is 2. The van der Waals surface area contributed by atoms with Gasteiger partial charge in [-0.3, -0.25) is 9.88 Å². The van der Waals surface area contributed by atoms with Crippen LogP contribution in [0.1, 0.15) is 19.4 Å². The van der Waals surface area contributed by atoms with E-state index in [-0.39, 0.29) is 23.6 Å². The Morgan fingerprint density at radius 2 is 1.86 bits per heavy atom. The highest BCUT2D eigenvalue weighted by Crippen LogP contribution is 2.24. The van der Waals surface area contributed by atoms with Crippen molar-refractivity contribution in [2.75, 3.05) is 18.0 Å². The van der Waals surface area contributed by atoms with Gasteiger partial charge < -0.3 is 10.5 Å². The molecule has 150 valence electrons. The van der Waals surface area contributed by atoms with Crippen molar-refractivity contribution in [3.8, 4) is 0 Å². The summed E-state index contributed by atoms with van der Waals surface area (Å²) in [5.74, 6) is 0. The highest BCUT2D eigenvalue weighted by Gasteiger charge is 2.32. The number of hydrogen-bond acceptors (Lipinski definition) is 5. The van der Waals surface area contributed by atoms with Crippen molar-refractivity contribution >= 4 is 21.7 Å². The Balaban J connectivity index is 1.82. The van der Waals surface area contributed by atoms with E-state index in [1.165, 1.54) is 21.3 Å². The first kappa shape index (κ1) is 20.2. The molecular weight excluding hydrogens is 380 g/mol. The molecule has 9 heteroatoms. The van der Waals surface area contributed by atoms with Crippen LogP contribution in [0.2, 0.25) is 0 Å². The van der Waals surface area contributed by atoms with Crippen molar-refractivity contribution in [1.82, 2.24) is 9.29 Å². The summed E-state index contributed by atoms with van der Waals surface area (Å²) >= 11 is 0. The lowest BCUT2D eigenvalue weighted by Crippen LogP contribution is -2.48. The number of carbonyl (C=O) groups is 1. The minimum Gasteiger partial charge on any atom is -0.373 e. The second-order valence-corrected chi connectivity index (χ2v) is 8.80. The third-order valence-electron chi connectivity index (χ3n) is 4.50. The van der Waals surface area contributed by atoms with E-state index >= 15 is 0 Å². The minimum atomic E-state index is -3.64. The largest absolute Gasteiger partial charge is 0.373 e. The first-order valence-electron chi connectivity index (χ1n) is 8.99. The van der Waals surface area contributed by atoms with Gasteiger partial charge in [-0.25, -0.2) is 13.2 Å². The van der Waals surface area contributed by atoms with Gasteiger partial charge in [0.1, 0.15) is 0 Å². The summed E-state index contributed by atoms with van der Waals surface area (Å²) in [5, 5.41) is 0. The molecule has 2 N–H and O–H groups in total. The molecule has 0 bridgehead atoms. The highest BCUT2D eigenvalue weighted by molar-refractivity contribution is 7.89. The zero-order valence-corrected chi connectivity index (χ0v) is 16.7. The van der Waals surface area contributed by atoms with E-state index in [4.69, 9.17) is 10.5 Å². The molecule has 2 heterocycles. The number of benzene rings is 1. The SMILES string of the molecule is C[C@@H]1CN(S(=O)(=O)c2ccc(N(Cc3cccnc3)C(N)=O)cc2)C[C@H](C)O1. The Bertz CT molecular complexity index is 909. The molecule has 8 nitrogen and oxygen atoms in total. The van der Waals surface area contributed by atoms with Crippen molar-refractivity contribution in [2.45, 2.75) is 37.5 Å². The molecule has 1 aromatic heterocycles. The van der Waals surface area contributed by atoms with Crippen LogP contribution in [-0.4, -0.2) is 49.0 Å². The van der Waals surface area contributed by atoms with Gasteiger partial charge in [-0.15, -0.1) is 0 Å². The van der Waals surface area contributed by atoms with Crippen molar-refractivity contribution in [1.29, 1.82) is 0 Å². The van der Waals surface area contributed by atoms with Gasteiger partial charge in [-0.05, 0) is 49.7 Å². The molecule has 1 aromatic carbocycles. The van der Waals surface area contributed by atoms with E-state index in [0.717, 1.165) is 5.56 Å². The maximum absolute atomic E-state index is 12.9. The van der Waals surface area contributed by atoms with Crippen molar-refractivity contribution in [3.05, 3.63) is 54.4 Å². The van der Waals surface area contributed by atoms with E-state index in [9.17, 15) is 13.2 Å². The number of sulfonamides is 1.